The van der Waals surface area contributed by atoms with E-state index >= 15 is 0 Å². The number of halogens is 2. The Morgan fingerprint density at radius 1 is 1.14 bits per heavy atom. The number of rotatable bonds is 5. The number of aryl methyl sites for hydroxylation is 1. The molecular weight excluding hydrogens is 443 g/mol. The SMILES string of the molecule is CCOC(=O)Cn1c(=NS(=O)(=O)c2ccc(C)cc2)sc2c(Cl)ccc(Cl)c21. The number of sulfonamides is 1. The van der Waals surface area contributed by atoms with Gasteiger partial charge in [0.25, 0.3) is 10.0 Å². The van der Waals surface area contributed by atoms with Crippen molar-refractivity contribution in [1.82, 2.24) is 4.57 Å². The molecule has 28 heavy (non-hydrogen) atoms. The average molecular weight is 459 g/mol. The Kier molecular flexibility index (Phi) is 6.14. The maximum Gasteiger partial charge on any atom is 0.326 e. The first-order valence-electron chi connectivity index (χ1n) is 8.23. The largest absolute Gasteiger partial charge is 0.465 e. The highest BCUT2D eigenvalue weighted by molar-refractivity contribution is 7.90. The summed E-state index contributed by atoms with van der Waals surface area (Å²) in [7, 11) is -4.00. The van der Waals surface area contributed by atoms with Crippen LogP contribution in [-0.2, 0) is 26.1 Å². The summed E-state index contributed by atoms with van der Waals surface area (Å²) in [5, 5.41) is 0.713. The second-order valence-corrected chi connectivity index (χ2v) is 9.26. The Bertz CT molecular complexity index is 1210. The van der Waals surface area contributed by atoms with Gasteiger partial charge in [-0.3, -0.25) is 4.79 Å². The maximum atomic E-state index is 12.8. The summed E-state index contributed by atoms with van der Waals surface area (Å²) >= 11 is 13.6. The van der Waals surface area contributed by atoms with E-state index in [9.17, 15) is 13.2 Å². The number of esters is 1. The molecule has 2 aromatic carbocycles. The van der Waals surface area contributed by atoms with Gasteiger partial charge in [0.05, 0.1) is 31.8 Å². The first-order valence-corrected chi connectivity index (χ1v) is 11.2. The first-order chi connectivity index (χ1) is 13.2. The minimum absolute atomic E-state index is 0.0513. The monoisotopic (exact) mass is 458 g/mol. The number of hydrogen-bond acceptors (Lipinski definition) is 5. The lowest BCUT2D eigenvalue weighted by atomic mass is 10.2. The van der Waals surface area contributed by atoms with Crippen molar-refractivity contribution < 1.29 is 17.9 Å². The third kappa shape index (κ3) is 4.25. The third-order valence-corrected chi connectivity index (χ3v) is 7.08. The molecule has 3 rings (SSSR count). The van der Waals surface area contributed by atoms with Crippen LogP contribution in [-0.4, -0.2) is 25.6 Å². The van der Waals surface area contributed by atoms with Crippen molar-refractivity contribution in [2.75, 3.05) is 6.61 Å². The van der Waals surface area contributed by atoms with Crippen molar-refractivity contribution in [2.24, 2.45) is 4.40 Å². The molecular formula is C18H16Cl2N2O4S2. The number of carbonyl (C=O) groups excluding carboxylic acids is 1. The van der Waals surface area contributed by atoms with Gasteiger partial charge in [-0.05, 0) is 38.1 Å². The van der Waals surface area contributed by atoms with Gasteiger partial charge >= 0.3 is 5.97 Å². The van der Waals surface area contributed by atoms with Gasteiger partial charge in [-0.2, -0.15) is 8.42 Å². The normalized spacial score (nSPS) is 12.5. The van der Waals surface area contributed by atoms with Crippen molar-refractivity contribution >= 4 is 60.7 Å². The van der Waals surface area contributed by atoms with Crippen LogP contribution in [0, 0.1) is 6.92 Å². The second kappa shape index (κ2) is 8.24. The summed E-state index contributed by atoms with van der Waals surface area (Å²) in [6, 6.07) is 9.53. The van der Waals surface area contributed by atoms with Crippen molar-refractivity contribution in [1.29, 1.82) is 0 Å². The zero-order chi connectivity index (χ0) is 20.5. The predicted molar refractivity (Wildman–Crippen MR) is 110 cm³/mol. The van der Waals surface area contributed by atoms with Crippen LogP contribution in [0.25, 0.3) is 10.2 Å². The predicted octanol–water partition coefficient (Wildman–Crippen LogP) is 4.17. The highest BCUT2D eigenvalue weighted by Crippen LogP contribution is 2.32. The van der Waals surface area contributed by atoms with E-state index in [1.165, 1.54) is 16.7 Å². The van der Waals surface area contributed by atoms with E-state index in [1.807, 2.05) is 6.92 Å². The number of nitrogens with zero attached hydrogens (tertiary/aromatic N) is 2. The number of carbonyl (C=O) groups is 1. The first kappa shape index (κ1) is 20.9. The highest BCUT2D eigenvalue weighted by Gasteiger charge is 2.19. The van der Waals surface area contributed by atoms with Gasteiger partial charge in [0.1, 0.15) is 6.54 Å². The number of ether oxygens (including phenoxy) is 1. The van der Waals surface area contributed by atoms with Crippen molar-refractivity contribution in [3.8, 4) is 0 Å². The molecule has 3 aromatic rings. The van der Waals surface area contributed by atoms with E-state index in [4.69, 9.17) is 27.9 Å². The average Bonchev–Trinajstić information content (AvgIpc) is 2.97. The van der Waals surface area contributed by atoms with Gasteiger partial charge in [-0.1, -0.05) is 52.2 Å². The minimum Gasteiger partial charge on any atom is -0.465 e. The zero-order valence-corrected chi connectivity index (χ0v) is 18.1. The molecule has 0 aliphatic carbocycles. The zero-order valence-electron chi connectivity index (χ0n) is 15.0. The van der Waals surface area contributed by atoms with Crippen LogP contribution in [0.2, 0.25) is 10.0 Å². The van der Waals surface area contributed by atoms with Gasteiger partial charge in [0.15, 0.2) is 0 Å². The smallest absolute Gasteiger partial charge is 0.326 e. The Labute approximate surface area is 176 Å². The highest BCUT2D eigenvalue weighted by atomic mass is 35.5. The number of hydrogen-bond donors (Lipinski definition) is 0. The standard InChI is InChI=1S/C18H16Cl2N2O4S2/c1-3-26-15(23)10-22-16-13(19)8-9-14(20)17(16)27-18(22)21-28(24,25)12-6-4-11(2)5-7-12/h4-9H,3,10H2,1-2H3. The number of aromatic nitrogens is 1. The van der Waals surface area contributed by atoms with Crippen LogP contribution in [0.4, 0.5) is 0 Å². The molecule has 6 nitrogen and oxygen atoms in total. The Balaban J connectivity index is 2.26. The Morgan fingerprint density at radius 3 is 2.43 bits per heavy atom. The molecule has 0 spiro atoms. The van der Waals surface area contributed by atoms with Crippen molar-refractivity contribution in [3.05, 3.63) is 56.8 Å². The quantitative estimate of drug-likeness (QED) is 0.537. The summed E-state index contributed by atoms with van der Waals surface area (Å²) in [4.78, 5) is 12.2. The van der Waals surface area contributed by atoms with Crippen LogP contribution < -0.4 is 4.80 Å². The molecule has 0 saturated heterocycles. The molecule has 0 aliphatic heterocycles. The second-order valence-electron chi connectivity index (χ2n) is 5.86. The van der Waals surface area contributed by atoms with Crippen LogP contribution in [0.1, 0.15) is 12.5 Å². The van der Waals surface area contributed by atoms with E-state index in [-0.39, 0.29) is 22.8 Å². The van der Waals surface area contributed by atoms with Gasteiger partial charge in [0, 0.05) is 0 Å². The molecule has 0 unspecified atom stereocenters. The lowest BCUT2D eigenvalue weighted by Crippen LogP contribution is -2.23. The molecule has 1 aromatic heterocycles. The summed E-state index contributed by atoms with van der Waals surface area (Å²) < 4.78 is 36.4. The number of benzene rings is 2. The summed E-state index contributed by atoms with van der Waals surface area (Å²) in [6.45, 7) is 3.50. The topological polar surface area (TPSA) is 77.7 Å². The van der Waals surface area contributed by atoms with Gasteiger partial charge in [-0.15, -0.1) is 4.40 Å². The van der Waals surface area contributed by atoms with E-state index in [0.717, 1.165) is 16.9 Å². The van der Waals surface area contributed by atoms with Gasteiger partial charge < -0.3 is 9.30 Å². The van der Waals surface area contributed by atoms with Crippen molar-refractivity contribution in [2.45, 2.75) is 25.3 Å². The molecule has 0 bridgehead atoms. The third-order valence-electron chi connectivity index (χ3n) is 3.84. The van der Waals surface area contributed by atoms with Crippen molar-refractivity contribution in [3.63, 3.8) is 0 Å². The Hall–Kier alpha value is -1.87. The summed E-state index contributed by atoms with van der Waals surface area (Å²) in [5.74, 6) is -0.535. The molecule has 0 fully saturated rings. The lowest BCUT2D eigenvalue weighted by molar-refractivity contribution is -0.143. The molecule has 10 heteroatoms. The Morgan fingerprint density at radius 2 is 1.79 bits per heavy atom. The molecule has 0 atom stereocenters. The van der Waals surface area contributed by atoms with E-state index in [2.05, 4.69) is 4.40 Å². The maximum absolute atomic E-state index is 12.8. The summed E-state index contributed by atoms with van der Waals surface area (Å²) in [5.41, 5.74) is 1.36. The van der Waals surface area contributed by atoms with E-state index in [1.54, 1.807) is 31.2 Å². The molecule has 0 radical (unpaired) electrons. The molecule has 1 heterocycles. The molecule has 0 amide bonds. The molecule has 0 aliphatic rings. The number of thiazole rings is 1. The molecule has 148 valence electrons. The fourth-order valence-electron chi connectivity index (χ4n) is 2.53. The van der Waals surface area contributed by atoms with E-state index < -0.39 is 16.0 Å². The van der Waals surface area contributed by atoms with Crippen LogP contribution in [0.5, 0.6) is 0 Å². The molecule has 0 saturated carbocycles. The van der Waals surface area contributed by atoms with Crippen LogP contribution in [0.15, 0.2) is 45.7 Å². The van der Waals surface area contributed by atoms with Crippen LogP contribution >= 0.6 is 34.5 Å². The lowest BCUT2D eigenvalue weighted by Gasteiger charge is -2.06. The summed E-state index contributed by atoms with van der Waals surface area (Å²) in [6.07, 6.45) is 0. The molecule has 0 N–H and O–H groups in total. The fourth-order valence-corrected chi connectivity index (χ4v) is 5.38. The van der Waals surface area contributed by atoms with E-state index in [0.29, 0.717) is 20.3 Å². The van der Waals surface area contributed by atoms with Gasteiger partial charge in [-0.25, -0.2) is 0 Å². The minimum atomic E-state index is -4.00. The number of fused-ring (bicyclic) bond motifs is 1. The van der Waals surface area contributed by atoms with Gasteiger partial charge in [0.2, 0.25) is 4.80 Å². The van der Waals surface area contributed by atoms with Crippen LogP contribution in [0.3, 0.4) is 0 Å². The fraction of sp³-hybridized carbons (Fsp3) is 0.222.